The first-order valence-electron chi connectivity index (χ1n) is 8.94. The van der Waals surface area contributed by atoms with E-state index in [1.54, 1.807) is 36.1 Å². The van der Waals surface area contributed by atoms with Crippen LogP contribution in [0.25, 0.3) is 0 Å². The topological polar surface area (TPSA) is 115 Å². The van der Waals surface area contributed by atoms with Crippen LogP contribution in [0.1, 0.15) is 23.7 Å². The predicted molar refractivity (Wildman–Crippen MR) is 107 cm³/mol. The molecule has 1 aliphatic heterocycles. The lowest BCUT2D eigenvalue weighted by Crippen LogP contribution is -2.56. The number of ether oxygens (including phenoxy) is 2. The van der Waals surface area contributed by atoms with Crippen molar-refractivity contribution in [3.05, 3.63) is 35.7 Å². The highest BCUT2D eigenvalue weighted by atomic mass is 32.2. The highest BCUT2D eigenvalue weighted by molar-refractivity contribution is 7.87. The van der Waals surface area contributed by atoms with Gasteiger partial charge in [0.1, 0.15) is 6.04 Å². The van der Waals surface area contributed by atoms with Gasteiger partial charge in [-0.25, -0.2) is 0 Å². The van der Waals surface area contributed by atoms with Gasteiger partial charge in [0, 0.05) is 37.1 Å². The summed E-state index contributed by atoms with van der Waals surface area (Å²) in [5.74, 6) is 0.552. The van der Waals surface area contributed by atoms with Gasteiger partial charge in [-0.2, -0.15) is 22.5 Å². The Morgan fingerprint density at radius 2 is 1.93 bits per heavy atom. The van der Waals surface area contributed by atoms with Crippen molar-refractivity contribution >= 4 is 21.8 Å². The van der Waals surface area contributed by atoms with Crippen molar-refractivity contribution in [2.24, 2.45) is 7.05 Å². The molecule has 1 aromatic heterocycles. The molecule has 0 unspecified atom stereocenters. The van der Waals surface area contributed by atoms with Gasteiger partial charge in [0.05, 0.1) is 26.5 Å². The molecule has 29 heavy (non-hydrogen) atoms. The fraction of sp³-hybridized carbons (Fsp3) is 0.444. The summed E-state index contributed by atoms with van der Waals surface area (Å²) in [6, 6.07) is 3.51. The average molecular weight is 423 g/mol. The van der Waals surface area contributed by atoms with Gasteiger partial charge in [0.15, 0.2) is 11.5 Å². The Kier molecular flexibility index (Phi) is 5.82. The standard InChI is InChI=1S/C18H25N5O5S/c1-11-13(10-19-22(11)2)14-9-15(23(3)29(25,26)21-14)18(24)20-12-6-7-16(27-4)17(8-12)28-5/h6-8,10,14-15,21H,9H2,1-5H3,(H,20,24)/t14-,15+/m1/s1. The van der Waals surface area contributed by atoms with Crippen LogP contribution in [0.5, 0.6) is 11.5 Å². The number of aromatic nitrogens is 2. The number of carbonyl (C=O) groups is 1. The lowest BCUT2D eigenvalue weighted by molar-refractivity contribution is -0.120. The van der Waals surface area contributed by atoms with E-state index in [1.807, 2.05) is 6.92 Å². The number of amides is 1. The van der Waals surface area contributed by atoms with Crippen LogP contribution in [0.3, 0.4) is 0 Å². The first-order valence-corrected chi connectivity index (χ1v) is 10.4. The molecular formula is C18H25N5O5S. The number of nitrogens with one attached hydrogen (secondary N) is 2. The normalized spacial score (nSPS) is 21.6. The number of likely N-dealkylation sites (N-methyl/N-ethyl adjacent to an activating group) is 1. The fourth-order valence-electron chi connectivity index (χ4n) is 3.31. The maximum Gasteiger partial charge on any atom is 0.280 e. The minimum Gasteiger partial charge on any atom is -0.493 e. The maximum atomic E-state index is 12.9. The molecule has 1 fully saturated rings. The molecule has 0 saturated carbocycles. The molecule has 10 nitrogen and oxygen atoms in total. The number of hydrogen-bond donors (Lipinski definition) is 2. The van der Waals surface area contributed by atoms with Crippen LogP contribution in [0.15, 0.2) is 24.4 Å². The van der Waals surface area contributed by atoms with Crippen LogP contribution in [-0.2, 0) is 22.1 Å². The van der Waals surface area contributed by atoms with Gasteiger partial charge in [0.2, 0.25) is 5.91 Å². The Morgan fingerprint density at radius 1 is 1.24 bits per heavy atom. The van der Waals surface area contributed by atoms with Gasteiger partial charge >= 0.3 is 0 Å². The van der Waals surface area contributed by atoms with Crippen molar-refractivity contribution in [3.63, 3.8) is 0 Å². The van der Waals surface area contributed by atoms with Gasteiger partial charge in [0.25, 0.3) is 10.2 Å². The number of aryl methyl sites for hydroxylation is 1. The van der Waals surface area contributed by atoms with E-state index in [0.29, 0.717) is 17.2 Å². The smallest absolute Gasteiger partial charge is 0.280 e. The molecule has 158 valence electrons. The summed E-state index contributed by atoms with van der Waals surface area (Å²) in [7, 11) is 2.35. The molecule has 2 aromatic rings. The van der Waals surface area contributed by atoms with Crippen molar-refractivity contribution in [1.29, 1.82) is 0 Å². The monoisotopic (exact) mass is 423 g/mol. The number of nitrogens with zero attached hydrogens (tertiary/aromatic N) is 3. The van der Waals surface area contributed by atoms with Gasteiger partial charge in [-0.05, 0) is 25.5 Å². The third-order valence-corrected chi connectivity index (χ3v) is 6.77. The second-order valence-corrected chi connectivity index (χ2v) is 8.57. The Bertz CT molecular complexity index is 1020. The molecular weight excluding hydrogens is 398 g/mol. The van der Waals surface area contributed by atoms with Crippen LogP contribution < -0.4 is 19.5 Å². The average Bonchev–Trinajstić information content (AvgIpc) is 3.02. The second-order valence-electron chi connectivity index (χ2n) is 6.81. The Hall–Kier alpha value is -2.63. The van der Waals surface area contributed by atoms with E-state index in [4.69, 9.17) is 9.47 Å². The van der Waals surface area contributed by atoms with E-state index < -0.39 is 28.2 Å². The largest absolute Gasteiger partial charge is 0.493 e. The highest BCUT2D eigenvalue weighted by Crippen LogP contribution is 2.32. The van der Waals surface area contributed by atoms with Gasteiger partial charge < -0.3 is 14.8 Å². The number of carbonyl (C=O) groups excluding carboxylic acids is 1. The van der Waals surface area contributed by atoms with Crippen molar-refractivity contribution in [2.45, 2.75) is 25.4 Å². The van der Waals surface area contributed by atoms with Crippen molar-refractivity contribution in [2.75, 3.05) is 26.6 Å². The van der Waals surface area contributed by atoms with Crippen molar-refractivity contribution in [1.82, 2.24) is 18.8 Å². The minimum absolute atomic E-state index is 0.265. The van der Waals surface area contributed by atoms with Gasteiger partial charge in [-0.3, -0.25) is 9.48 Å². The summed E-state index contributed by atoms with van der Waals surface area (Å²) in [6.45, 7) is 1.85. The Labute approximate surface area is 170 Å². The van der Waals surface area contributed by atoms with E-state index in [2.05, 4.69) is 15.1 Å². The summed E-state index contributed by atoms with van der Waals surface area (Å²) in [5.41, 5.74) is 2.06. The summed E-state index contributed by atoms with van der Waals surface area (Å²) in [4.78, 5) is 12.9. The maximum absolute atomic E-state index is 12.9. The zero-order chi connectivity index (χ0) is 21.3. The molecule has 1 aromatic carbocycles. The van der Waals surface area contributed by atoms with Gasteiger partial charge in [-0.1, -0.05) is 0 Å². The van der Waals surface area contributed by atoms with E-state index in [-0.39, 0.29) is 6.42 Å². The van der Waals surface area contributed by atoms with Crippen molar-refractivity contribution in [3.8, 4) is 11.5 Å². The lowest BCUT2D eigenvalue weighted by Gasteiger charge is -2.36. The number of methoxy groups -OCH3 is 2. The quantitative estimate of drug-likeness (QED) is 0.740. The number of benzene rings is 1. The van der Waals surface area contributed by atoms with Crippen LogP contribution in [0.2, 0.25) is 0 Å². The summed E-state index contributed by atoms with van der Waals surface area (Å²) in [5, 5.41) is 6.94. The number of hydrogen-bond acceptors (Lipinski definition) is 6. The Balaban J connectivity index is 1.85. The first kappa shape index (κ1) is 21.1. The van der Waals surface area contributed by atoms with E-state index in [9.17, 15) is 13.2 Å². The zero-order valence-corrected chi connectivity index (χ0v) is 17.8. The van der Waals surface area contributed by atoms with E-state index >= 15 is 0 Å². The van der Waals surface area contributed by atoms with Crippen LogP contribution in [0.4, 0.5) is 5.69 Å². The zero-order valence-electron chi connectivity index (χ0n) is 17.0. The molecule has 0 bridgehead atoms. The SMILES string of the molecule is COc1ccc(NC(=O)[C@@H]2C[C@H](c3cnn(C)c3C)NS(=O)(=O)N2C)cc1OC. The molecule has 2 atom stereocenters. The van der Waals surface area contributed by atoms with Crippen molar-refractivity contribution < 1.29 is 22.7 Å². The second kappa shape index (κ2) is 8.01. The highest BCUT2D eigenvalue weighted by Gasteiger charge is 2.41. The summed E-state index contributed by atoms with van der Waals surface area (Å²) < 4.78 is 41.0. The Morgan fingerprint density at radius 3 is 2.52 bits per heavy atom. The molecule has 1 amide bonds. The van der Waals surface area contributed by atoms with E-state index in [0.717, 1.165) is 15.6 Å². The fourth-order valence-corrected chi connectivity index (χ4v) is 4.58. The molecule has 0 radical (unpaired) electrons. The number of anilines is 1. The number of rotatable bonds is 5. The summed E-state index contributed by atoms with van der Waals surface area (Å²) >= 11 is 0. The molecule has 0 aliphatic carbocycles. The molecule has 11 heteroatoms. The summed E-state index contributed by atoms with van der Waals surface area (Å²) in [6.07, 6.45) is 1.89. The van der Waals surface area contributed by atoms with Gasteiger partial charge in [-0.15, -0.1) is 0 Å². The van der Waals surface area contributed by atoms with Crippen LogP contribution in [-0.4, -0.2) is 55.7 Å². The lowest BCUT2D eigenvalue weighted by atomic mass is 10.00. The molecule has 3 rings (SSSR count). The van der Waals surface area contributed by atoms with Crippen LogP contribution >= 0.6 is 0 Å². The first-order chi connectivity index (χ1) is 13.7. The predicted octanol–water partition coefficient (Wildman–Crippen LogP) is 0.964. The van der Waals surface area contributed by atoms with E-state index in [1.165, 1.54) is 21.3 Å². The molecule has 1 aliphatic rings. The molecule has 2 heterocycles. The van der Waals surface area contributed by atoms with Crippen LogP contribution in [0, 0.1) is 6.92 Å². The molecule has 0 spiro atoms. The molecule has 2 N–H and O–H groups in total. The third-order valence-electron chi connectivity index (χ3n) is 5.17. The minimum atomic E-state index is -3.84. The molecule has 1 saturated heterocycles. The third kappa shape index (κ3) is 4.07.